The van der Waals surface area contributed by atoms with Crippen molar-refractivity contribution < 1.29 is 24.5 Å². The van der Waals surface area contributed by atoms with Crippen LogP contribution in [0.15, 0.2) is 108 Å². The molecule has 0 amide bonds. The van der Waals surface area contributed by atoms with Crippen LogP contribution in [0.5, 0.6) is 0 Å². The number of aryl methyl sites for hydroxylation is 1. The third kappa shape index (κ3) is 6.33. The van der Waals surface area contributed by atoms with Gasteiger partial charge in [0.1, 0.15) is 5.58 Å². The van der Waals surface area contributed by atoms with Crippen molar-refractivity contribution in [3.8, 4) is 22.5 Å². The minimum atomic E-state index is 0. The summed E-state index contributed by atoms with van der Waals surface area (Å²) in [6.45, 7) is 8.76. The van der Waals surface area contributed by atoms with E-state index in [0.717, 1.165) is 67.5 Å². The van der Waals surface area contributed by atoms with E-state index in [2.05, 4.69) is 84.3 Å². The molecule has 4 heterocycles. The fraction of sp³-hybridized carbons (Fsp3) is 0.162. The third-order valence-electron chi connectivity index (χ3n) is 6.87. The Morgan fingerprint density at radius 3 is 2.26 bits per heavy atom. The van der Waals surface area contributed by atoms with Gasteiger partial charge in [0, 0.05) is 49.0 Å². The summed E-state index contributed by atoms with van der Waals surface area (Å²) >= 11 is 0. The van der Waals surface area contributed by atoms with E-state index >= 15 is 0 Å². The van der Waals surface area contributed by atoms with Crippen molar-refractivity contribution >= 4 is 32.8 Å². The SMILES string of the molecule is Cc1ccc2c(ccc3c4cc[c-]c(-c5cc(CC(C)(C)C)ccn5)c4oc23)n1.[Ir].[c-]1ccccc1-c1ccccn1. The van der Waals surface area contributed by atoms with Crippen LogP contribution in [0.1, 0.15) is 32.0 Å². The Morgan fingerprint density at radius 1 is 0.714 bits per heavy atom. The number of fused-ring (bicyclic) bond motifs is 5. The van der Waals surface area contributed by atoms with Crippen LogP contribution >= 0.6 is 0 Å². The molecule has 5 heteroatoms. The van der Waals surface area contributed by atoms with Gasteiger partial charge >= 0.3 is 0 Å². The van der Waals surface area contributed by atoms with E-state index in [0.29, 0.717) is 0 Å². The molecule has 211 valence electrons. The average Bonchev–Trinajstić information content (AvgIpc) is 3.37. The van der Waals surface area contributed by atoms with Gasteiger partial charge in [0.25, 0.3) is 0 Å². The maximum atomic E-state index is 6.42. The van der Waals surface area contributed by atoms with Crippen LogP contribution in [-0.4, -0.2) is 15.0 Å². The van der Waals surface area contributed by atoms with E-state index in [9.17, 15) is 0 Å². The first-order valence-corrected chi connectivity index (χ1v) is 13.8. The molecule has 0 saturated heterocycles. The van der Waals surface area contributed by atoms with Crippen molar-refractivity contribution in [3.05, 3.63) is 127 Å². The maximum Gasteiger partial charge on any atom is 0.130 e. The standard InChI is InChI=1S/C26H23N2O.C11H8N.Ir/c1-16-8-9-21-22(28-16)11-10-19-18-6-5-7-20(24(18)29-25(19)21)23-14-17(12-13-27-23)15-26(2,3)4;1-2-6-10(7-3-1)11-8-4-5-9-12-11;/h5-6,8-14H,15H2,1-4H3;1-6,8-9H;/q2*-1;. The molecule has 0 aliphatic heterocycles. The van der Waals surface area contributed by atoms with Gasteiger partial charge in [-0.2, -0.15) is 0 Å². The molecule has 7 aromatic rings. The summed E-state index contributed by atoms with van der Waals surface area (Å²) < 4.78 is 6.42. The number of pyridine rings is 3. The summed E-state index contributed by atoms with van der Waals surface area (Å²) in [6.07, 6.45) is 4.66. The van der Waals surface area contributed by atoms with Gasteiger partial charge < -0.3 is 14.4 Å². The zero-order valence-electron chi connectivity index (χ0n) is 24.1. The summed E-state index contributed by atoms with van der Waals surface area (Å²) in [5.74, 6) is 0. The number of benzene rings is 3. The predicted molar refractivity (Wildman–Crippen MR) is 167 cm³/mol. The van der Waals surface area contributed by atoms with E-state index in [4.69, 9.17) is 4.42 Å². The molecule has 7 rings (SSSR count). The Labute approximate surface area is 260 Å². The number of hydrogen-bond acceptors (Lipinski definition) is 4. The molecule has 1 radical (unpaired) electrons. The molecule has 0 fully saturated rings. The smallest absolute Gasteiger partial charge is 0.130 e. The van der Waals surface area contributed by atoms with Crippen LogP contribution in [-0.2, 0) is 26.5 Å². The summed E-state index contributed by atoms with van der Waals surface area (Å²) in [6, 6.07) is 36.7. The molecule has 0 atom stereocenters. The summed E-state index contributed by atoms with van der Waals surface area (Å²) in [5.41, 5.74) is 8.96. The Hall–Kier alpha value is -4.18. The van der Waals surface area contributed by atoms with E-state index in [1.54, 1.807) is 6.20 Å². The first-order chi connectivity index (χ1) is 19.9. The van der Waals surface area contributed by atoms with Gasteiger partial charge in [-0.3, -0.25) is 4.98 Å². The number of furan rings is 1. The molecule has 0 saturated carbocycles. The van der Waals surface area contributed by atoms with Crippen molar-refractivity contribution in [3.63, 3.8) is 0 Å². The largest absolute Gasteiger partial charge is 0.500 e. The van der Waals surface area contributed by atoms with E-state index in [1.807, 2.05) is 67.7 Å². The van der Waals surface area contributed by atoms with Crippen LogP contribution in [0, 0.1) is 24.5 Å². The quantitative estimate of drug-likeness (QED) is 0.171. The monoisotopic (exact) mass is 726 g/mol. The molecule has 3 aromatic carbocycles. The minimum Gasteiger partial charge on any atom is -0.500 e. The molecular formula is C37H31IrN3O-2. The average molecular weight is 726 g/mol. The molecular weight excluding hydrogens is 695 g/mol. The Bertz CT molecular complexity index is 1920. The number of hydrogen-bond donors (Lipinski definition) is 0. The van der Waals surface area contributed by atoms with E-state index in [1.165, 1.54) is 5.56 Å². The van der Waals surface area contributed by atoms with Gasteiger partial charge in [0.2, 0.25) is 0 Å². The molecule has 0 bridgehead atoms. The first-order valence-electron chi connectivity index (χ1n) is 13.8. The van der Waals surface area contributed by atoms with Crippen molar-refractivity contribution in [2.75, 3.05) is 0 Å². The first kappa shape index (κ1) is 29.3. The Morgan fingerprint density at radius 2 is 1.50 bits per heavy atom. The normalized spacial score (nSPS) is 11.2. The van der Waals surface area contributed by atoms with Gasteiger partial charge in [0.15, 0.2) is 0 Å². The zero-order valence-corrected chi connectivity index (χ0v) is 26.5. The predicted octanol–water partition coefficient (Wildman–Crippen LogP) is 9.44. The van der Waals surface area contributed by atoms with Crippen LogP contribution in [0.25, 0.3) is 55.4 Å². The second kappa shape index (κ2) is 12.4. The Balaban J connectivity index is 0.000000228. The molecule has 0 aliphatic carbocycles. The van der Waals surface area contributed by atoms with Crippen LogP contribution in [0.4, 0.5) is 0 Å². The topological polar surface area (TPSA) is 51.8 Å². The Kier molecular flexibility index (Phi) is 8.63. The number of rotatable bonds is 3. The second-order valence-electron chi connectivity index (χ2n) is 11.4. The number of aromatic nitrogens is 3. The van der Waals surface area contributed by atoms with Crippen LogP contribution < -0.4 is 0 Å². The van der Waals surface area contributed by atoms with E-state index in [-0.39, 0.29) is 25.5 Å². The summed E-state index contributed by atoms with van der Waals surface area (Å²) in [5, 5.41) is 3.21. The summed E-state index contributed by atoms with van der Waals surface area (Å²) in [4.78, 5) is 13.5. The maximum absolute atomic E-state index is 6.42. The number of nitrogens with zero attached hydrogens (tertiary/aromatic N) is 3. The van der Waals surface area contributed by atoms with Crippen molar-refractivity contribution in [1.82, 2.24) is 15.0 Å². The zero-order chi connectivity index (χ0) is 28.4. The van der Waals surface area contributed by atoms with Gasteiger partial charge in [-0.05, 0) is 66.5 Å². The molecule has 0 aliphatic rings. The fourth-order valence-electron chi connectivity index (χ4n) is 5.10. The van der Waals surface area contributed by atoms with E-state index < -0.39 is 0 Å². The molecule has 4 nitrogen and oxygen atoms in total. The van der Waals surface area contributed by atoms with Crippen molar-refractivity contribution in [2.45, 2.75) is 34.1 Å². The van der Waals surface area contributed by atoms with Crippen molar-refractivity contribution in [2.24, 2.45) is 5.41 Å². The van der Waals surface area contributed by atoms with Crippen LogP contribution in [0.3, 0.4) is 0 Å². The third-order valence-corrected chi connectivity index (χ3v) is 6.87. The minimum absolute atomic E-state index is 0. The molecule has 0 N–H and O–H groups in total. The fourth-order valence-corrected chi connectivity index (χ4v) is 5.10. The van der Waals surface area contributed by atoms with Gasteiger partial charge in [0.05, 0.1) is 11.1 Å². The van der Waals surface area contributed by atoms with Gasteiger partial charge in [-0.15, -0.1) is 54.1 Å². The molecule has 42 heavy (non-hydrogen) atoms. The molecule has 0 spiro atoms. The van der Waals surface area contributed by atoms with Gasteiger partial charge in [-0.1, -0.05) is 55.5 Å². The second-order valence-corrected chi connectivity index (χ2v) is 11.4. The van der Waals surface area contributed by atoms with Gasteiger partial charge in [-0.25, -0.2) is 0 Å². The van der Waals surface area contributed by atoms with Crippen molar-refractivity contribution in [1.29, 1.82) is 0 Å². The molecule has 4 aromatic heterocycles. The van der Waals surface area contributed by atoms with Crippen LogP contribution in [0.2, 0.25) is 0 Å². The summed E-state index contributed by atoms with van der Waals surface area (Å²) in [7, 11) is 0. The molecule has 0 unspecified atom stereocenters.